The second-order valence-electron chi connectivity index (χ2n) is 7.89. The minimum absolute atomic E-state index is 0.123. The Kier molecular flexibility index (Phi) is 7.20. The second-order valence-corrected chi connectivity index (χ2v) is 8.99. The third-order valence-corrected chi connectivity index (χ3v) is 6.98. The van der Waals surface area contributed by atoms with Gasteiger partial charge in [-0.05, 0) is 11.1 Å². The SMILES string of the molecule is O=C(O)C1=C(COC(=O)C(O)c2ccccc2)CS[C@@H]2[C@H](NC(=O)[C@H](O)c3ccccc3)C(=O)N12. The molecule has 2 amide bonds. The lowest BCUT2D eigenvalue weighted by atomic mass is 10.0. The van der Waals surface area contributed by atoms with E-state index < -0.39 is 54.0 Å². The number of amides is 2. The molecule has 11 heteroatoms. The topological polar surface area (TPSA) is 153 Å². The molecule has 0 spiro atoms. The number of thioether (sulfide) groups is 1. The fourth-order valence-electron chi connectivity index (χ4n) is 3.82. The molecule has 4 N–H and O–H groups in total. The number of hydrogen-bond donors (Lipinski definition) is 4. The van der Waals surface area contributed by atoms with Crippen LogP contribution >= 0.6 is 11.8 Å². The van der Waals surface area contributed by atoms with E-state index in [9.17, 15) is 34.5 Å². The van der Waals surface area contributed by atoms with Gasteiger partial charge in [-0.1, -0.05) is 60.7 Å². The number of esters is 1. The maximum absolute atomic E-state index is 12.8. The number of rotatable bonds is 8. The average Bonchev–Trinajstić information content (AvgIpc) is 2.89. The number of nitrogens with one attached hydrogen (secondary N) is 1. The molecule has 0 radical (unpaired) electrons. The Hall–Kier alpha value is -3.67. The van der Waals surface area contributed by atoms with Gasteiger partial charge in [-0.15, -0.1) is 11.8 Å². The number of hydrogen-bond acceptors (Lipinski definition) is 8. The number of aliphatic carboxylic acids is 1. The molecule has 0 saturated carbocycles. The van der Waals surface area contributed by atoms with E-state index in [0.29, 0.717) is 11.1 Å². The van der Waals surface area contributed by atoms with Crippen LogP contribution in [0.25, 0.3) is 0 Å². The Morgan fingerprint density at radius 1 is 1.00 bits per heavy atom. The van der Waals surface area contributed by atoms with Crippen LogP contribution in [0.5, 0.6) is 0 Å². The quantitative estimate of drug-likeness (QED) is 0.305. The summed E-state index contributed by atoms with van der Waals surface area (Å²) in [5.74, 6) is -3.63. The summed E-state index contributed by atoms with van der Waals surface area (Å²) in [7, 11) is 0. The molecular formula is C24H22N2O8S. The van der Waals surface area contributed by atoms with E-state index in [2.05, 4.69) is 5.32 Å². The predicted octanol–water partition coefficient (Wildman–Crippen LogP) is 0.735. The zero-order valence-electron chi connectivity index (χ0n) is 18.2. The molecule has 2 aliphatic heterocycles. The molecule has 1 fully saturated rings. The van der Waals surface area contributed by atoms with Crippen LogP contribution in [-0.4, -0.2) is 67.7 Å². The van der Waals surface area contributed by atoms with Crippen molar-refractivity contribution in [2.75, 3.05) is 12.4 Å². The molecule has 2 aromatic carbocycles. The van der Waals surface area contributed by atoms with Gasteiger partial charge in [-0.3, -0.25) is 14.5 Å². The van der Waals surface area contributed by atoms with E-state index in [1.165, 1.54) is 11.8 Å². The number of β-lactam (4-membered cyclic amide) rings is 1. The summed E-state index contributed by atoms with van der Waals surface area (Å²) >= 11 is 1.19. The Morgan fingerprint density at radius 3 is 2.14 bits per heavy atom. The third-order valence-electron chi connectivity index (χ3n) is 5.64. The molecule has 0 aromatic heterocycles. The molecule has 1 unspecified atom stereocenters. The number of nitrogens with zero attached hydrogens (tertiary/aromatic N) is 1. The number of benzene rings is 2. The first kappa shape index (κ1) is 24.5. The van der Waals surface area contributed by atoms with Crippen LogP contribution in [0.1, 0.15) is 23.3 Å². The van der Waals surface area contributed by atoms with E-state index in [-0.39, 0.29) is 17.0 Å². The van der Waals surface area contributed by atoms with E-state index in [1.54, 1.807) is 60.7 Å². The summed E-state index contributed by atoms with van der Waals surface area (Å²) in [5, 5.41) is 31.9. The van der Waals surface area contributed by atoms with Crippen LogP contribution in [-0.2, 0) is 23.9 Å². The van der Waals surface area contributed by atoms with Crippen molar-refractivity contribution < 1.29 is 39.2 Å². The van der Waals surface area contributed by atoms with Gasteiger partial charge in [0.15, 0.2) is 12.2 Å². The number of carboxylic acid groups (broad SMARTS) is 1. The zero-order valence-corrected chi connectivity index (χ0v) is 19.1. The lowest BCUT2D eigenvalue weighted by molar-refractivity contribution is -0.154. The molecule has 4 rings (SSSR count). The van der Waals surface area contributed by atoms with Crippen molar-refractivity contribution >= 4 is 35.5 Å². The number of carboxylic acids is 1. The summed E-state index contributed by atoms with van der Waals surface area (Å²) < 4.78 is 5.13. The fourth-order valence-corrected chi connectivity index (χ4v) is 5.15. The summed E-state index contributed by atoms with van der Waals surface area (Å²) in [5.41, 5.74) is 0.555. The Balaban J connectivity index is 1.42. The molecule has 2 aliphatic rings. The van der Waals surface area contributed by atoms with Gasteiger partial charge in [0.25, 0.3) is 11.8 Å². The molecule has 0 aliphatic carbocycles. The highest BCUT2D eigenvalue weighted by Gasteiger charge is 2.54. The van der Waals surface area contributed by atoms with Crippen LogP contribution in [0.15, 0.2) is 71.9 Å². The molecule has 4 atom stereocenters. The van der Waals surface area contributed by atoms with Crippen molar-refractivity contribution in [1.29, 1.82) is 0 Å². The fraction of sp³-hybridized carbons (Fsp3) is 0.250. The number of ether oxygens (including phenoxy) is 1. The monoisotopic (exact) mass is 498 g/mol. The number of fused-ring (bicyclic) bond motifs is 1. The molecule has 0 bridgehead atoms. The Labute approximate surface area is 204 Å². The van der Waals surface area contributed by atoms with Gasteiger partial charge < -0.3 is 25.4 Å². The van der Waals surface area contributed by atoms with Crippen LogP contribution in [0.4, 0.5) is 0 Å². The summed E-state index contributed by atoms with van der Waals surface area (Å²) in [6, 6.07) is 15.3. The van der Waals surface area contributed by atoms with Crippen molar-refractivity contribution in [3.63, 3.8) is 0 Å². The molecule has 35 heavy (non-hydrogen) atoms. The van der Waals surface area contributed by atoms with Gasteiger partial charge in [-0.2, -0.15) is 0 Å². The lowest BCUT2D eigenvalue weighted by Gasteiger charge is -2.49. The lowest BCUT2D eigenvalue weighted by Crippen LogP contribution is -2.71. The molecule has 182 valence electrons. The van der Waals surface area contributed by atoms with Crippen molar-refractivity contribution in [2.45, 2.75) is 23.6 Å². The molecule has 10 nitrogen and oxygen atoms in total. The molecule has 1 saturated heterocycles. The van der Waals surface area contributed by atoms with Crippen LogP contribution in [0.3, 0.4) is 0 Å². The number of carbonyl (C=O) groups is 4. The summed E-state index contributed by atoms with van der Waals surface area (Å²) in [6.45, 7) is -0.419. The van der Waals surface area contributed by atoms with Gasteiger partial charge in [0.2, 0.25) is 0 Å². The number of aliphatic hydroxyl groups excluding tert-OH is 2. The smallest absolute Gasteiger partial charge is 0.352 e. The van der Waals surface area contributed by atoms with Crippen molar-refractivity contribution in [3.8, 4) is 0 Å². The van der Waals surface area contributed by atoms with E-state index in [1.807, 2.05) is 0 Å². The normalized spacial score (nSPS) is 20.9. The van der Waals surface area contributed by atoms with Crippen LogP contribution in [0.2, 0.25) is 0 Å². The first-order chi connectivity index (χ1) is 16.8. The van der Waals surface area contributed by atoms with Crippen molar-refractivity contribution in [2.24, 2.45) is 0 Å². The summed E-state index contributed by atoms with van der Waals surface area (Å²) in [6.07, 6.45) is -3.01. The Morgan fingerprint density at radius 2 is 1.57 bits per heavy atom. The predicted molar refractivity (Wildman–Crippen MR) is 123 cm³/mol. The highest BCUT2D eigenvalue weighted by atomic mass is 32.2. The maximum atomic E-state index is 12.8. The second kappa shape index (κ2) is 10.3. The minimum Gasteiger partial charge on any atom is -0.477 e. The molecular weight excluding hydrogens is 476 g/mol. The summed E-state index contributed by atoms with van der Waals surface area (Å²) in [4.78, 5) is 50.4. The average molecular weight is 499 g/mol. The van der Waals surface area contributed by atoms with Gasteiger partial charge in [0.1, 0.15) is 23.7 Å². The third kappa shape index (κ3) is 4.92. The van der Waals surface area contributed by atoms with Gasteiger partial charge in [0, 0.05) is 11.3 Å². The van der Waals surface area contributed by atoms with Gasteiger partial charge >= 0.3 is 11.9 Å². The highest BCUT2D eigenvalue weighted by Crippen LogP contribution is 2.40. The minimum atomic E-state index is -1.53. The van der Waals surface area contributed by atoms with E-state index >= 15 is 0 Å². The zero-order chi connectivity index (χ0) is 25.1. The molecule has 2 heterocycles. The van der Waals surface area contributed by atoms with Gasteiger partial charge in [-0.25, -0.2) is 9.59 Å². The van der Waals surface area contributed by atoms with E-state index in [4.69, 9.17) is 4.74 Å². The first-order valence-electron chi connectivity index (χ1n) is 10.6. The Bertz CT molecular complexity index is 1170. The van der Waals surface area contributed by atoms with Gasteiger partial charge in [0.05, 0.1) is 0 Å². The molecule has 2 aromatic rings. The van der Waals surface area contributed by atoms with Crippen molar-refractivity contribution in [3.05, 3.63) is 83.1 Å². The van der Waals surface area contributed by atoms with Crippen molar-refractivity contribution in [1.82, 2.24) is 10.2 Å². The standard InChI is InChI=1S/C24H22N2O8S/c27-18(13-7-3-1-4-8-13)20(29)25-16-21(30)26-17(23(31)32)15(12-35-22(16)26)11-34-24(33)19(28)14-9-5-2-6-10-14/h1-10,16,18-19,22,27-28H,11-12H2,(H,25,29)(H,31,32)/t16-,18-,19?,22-/m1/s1. The largest absolute Gasteiger partial charge is 0.477 e. The van der Waals surface area contributed by atoms with Crippen LogP contribution in [0, 0.1) is 0 Å². The first-order valence-corrected chi connectivity index (χ1v) is 11.7. The van der Waals surface area contributed by atoms with Crippen LogP contribution < -0.4 is 5.32 Å². The van der Waals surface area contributed by atoms with E-state index in [0.717, 1.165) is 4.90 Å². The number of carbonyl (C=O) groups excluding carboxylic acids is 3. The highest BCUT2D eigenvalue weighted by molar-refractivity contribution is 8.00. The number of aliphatic hydroxyl groups is 2. The maximum Gasteiger partial charge on any atom is 0.352 e.